The van der Waals surface area contributed by atoms with E-state index in [2.05, 4.69) is 25.6 Å². The van der Waals surface area contributed by atoms with E-state index in [1.165, 1.54) is 6.33 Å². The SMILES string of the molecule is CCNC(=O)Nc1ncnc2c1ncn2C1OC(COCC2CC2C(=O)O)C2OCOC21. The Bertz CT molecular complexity index is 1020. The van der Waals surface area contributed by atoms with Crippen molar-refractivity contribution in [1.82, 2.24) is 24.8 Å². The number of imidazole rings is 1. The van der Waals surface area contributed by atoms with Gasteiger partial charge in [0.05, 0.1) is 25.5 Å². The molecule has 5 rings (SSSR count). The van der Waals surface area contributed by atoms with Crippen molar-refractivity contribution in [2.75, 3.05) is 31.9 Å². The minimum Gasteiger partial charge on any atom is -0.481 e. The zero-order valence-corrected chi connectivity index (χ0v) is 17.3. The van der Waals surface area contributed by atoms with E-state index < -0.39 is 12.2 Å². The topological polar surface area (TPSA) is 159 Å². The number of hydrogen-bond donors (Lipinski definition) is 3. The molecule has 2 amide bonds. The van der Waals surface area contributed by atoms with Gasteiger partial charge in [0, 0.05) is 6.54 Å². The molecule has 6 atom stereocenters. The normalized spacial score (nSPS) is 30.9. The average Bonchev–Trinajstić information content (AvgIpc) is 3.09. The zero-order chi connectivity index (χ0) is 22.2. The first-order valence-corrected chi connectivity index (χ1v) is 10.5. The van der Waals surface area contributed by atoms with Crippen molar-refractivity contribution in [3.05, 3.63) is 12.7 Å². The van der Waals surface area contributed by atoms with Gasteiger partial charge < -0.3 is 29.4 Å². The summed E-state index contributed by atoms with van der Waals surface area (Å²) in [5.74, 6) is -0.759. The number of urea groups is 1. The van der Waals surface area contributed by atoms with Crippen molar-refractivity contribution in [3.63, 3.8) is 0 Å². The molecule has 4 heterocycles. The molecule has 1 aliphatic carbocycles. The Morgan fingerprint density at radius 3 is 2.88 bits per heavy atom. The number of carboxylic acids is 1. The highest BCUT2D eigenvalue weighted by Gasteiger charge is 2.51. The Morgan fingerprint density at radius 1 is 1.25 bits per heavy atom. The quantitative estimate of drug-likeness (QED) is 0.514. The second-order valence-electron chi connectivity index (χ2n) is 7.95. The summed E-state index contributed by atoms with van der Waals surface area (Å²) < 4.78 is 25.1. The van der Waals surface area contributed by atoms with Gasteiger partial charge in [-0.15, -0.1) is 0 Å². The molecule has 6 unspecified atom stereocenters. The Morgan fingerprint density at radius 2 is 2.09 bits per heavy atom. The van der Waals surface area contributed by atoms with E-state index in [-0.39, 0.29) is 55.4 Å². The third kappa shape index (κ3) is 3.88. The van der Waals surface area contributed by atoms with Gasteiger partial charge in [-0.05, 0) is 19.3 Å². The van der Waals surface area contributed by atoms with Gasteiger partial charge in [-0.3, -0.25) is 14.7 Å². The van der Waals surface area contributed by atoms with Crippen molar-refractivity contribution >= 4 is 29.0 Å². The summed E-state index contributed by atoms with van der Waals surface area (Å²) in [7, 11) is 0. The van der Waals surface area contributed by atoms with Crippen LogP contribution in [0.3, 0.4) is 0 Å². The van der Waals surface area contributed by atoms with Crippen molar-refractivity contribution in [2.45, 2.75) is 37.9 Å². The molecule has 3 aliphatic rings. The van der Waals surface area contributed by atoms with Gasteiger partial charge in [-0.1, -0.05) is 0 Å². The van der Waals surface area contributed by atoms with E-state index >= 15 is 0 Å². The summed E-state index contributed by atoms with van der Waals surface area (Å²) in [4.78, 5) is 35.7. The molecule has 2 aliphatic heterocycles. The van der Waals surface area contributed by atoms with Gasteiger partial charge in [0.25, 0.3) is 0 Å². The van der Waals surface area contributed by atoms with E-state index in [0.29, 0.717) is 30.7 Å². The fourth-order valence-electron chi connectivity index (χ4n) is 4.15. The predicted molar refractivity (Wildman–Crippen MR) is 107 cm³/mol. The van der Waals surface area contributed by atoms with E-state index in [1.807, 2.05) is 6.92 Å². The maximum Gasteiger partial charge on any atom is 0.320 e. The van der Waals surface area contributed by atoms with Crippen molar-refractivity contribution in [2.24, 2.45) is 11.8 Å². The number of hydrogen-bond acceptors (Lipinski definition) is 9. The van der Waals surface area contributed by atoms with E-state index in [1.54, 1.807) is 10.9 Å². The van der Waals surface area contributed by atoms with Gasteiger partial charge in [-0.2, -0.15) is 0 Å². The third-order valence-electron chi connectivity index (χ3n) is 5.86. The van der Waals surface area contributed by atoms with E-state index in [0.717, 1.165) is 0 Å². The summed E-state index contributed by atoms with van der Waals surface area (Å²) in [6.45, 7) is 3.06. The molecule has 3 fully saturated rings. The Hall–Kier alpha value is -2.87. The van der Waals surface area contributed by atoms with Crippen molar-refractivity contribution in [1.29, 1.82) is 0 Å². The number of carbonyl (C=O) groups is 2. The minimum atomic E-state index is -0.779. The first kappa shape index (κ1) is 21.0. The van der Waals surface area contributed by atoms with Crippen LogP contribution in [0.4, 0.5) is 10.6 Å². The van der Waals surface area contributed by atoms with Gasteiger partial charge in [0.1, 0.15) is 31.4 Å². The molecule has 0 aromatic carbocycles. The molecule has 2 saturated heterocycles. The van der Waals surface area contributed by atoms with E-state index in [4.69, 9.17) is 24.1 Å². The standard InChI is InChI=1S/C19H24N6O7/c1-2-20-19(28)24-15-12-16(22-6-21-15)25(7-23-12)17-14-13(30-8-31-14)11(32-17)5-29-4-9-3-10(9)18(26)27/h6-7,9-11,13-14,17H,2-5,8H2,1H3,(H,26,27)(H2,20,21,22,24,28). The fourth-order valence-corrected chi connectivity index (χ4v) is 4.15. The van der Waals surface area contributed by atoms with Gasteiger partial charge >= 0.3 is 12.0 Å². The summed E-state index contributed by atoms with van der Waals surface area (Å²) in [6.07, 6.45) is 1.89. The van der Waals surface area contributed by atoms with Crippen LogP contribution in [0, 0.1) is 11.8 Å². The average molecular weight is 448 g/mol. The molecule has 2 aromatic heterocycles. The number of ether oxygens (including phenoxy) is 4. The highest BCUT2D eigenvalue weighted by atomic mass is 16.7. The summed E-state index contributed by atoms with van der Waals surface area (Å²) >= 11 is 0. The molecule has 2 aromatic rings. The van der Waals surface area contributed by atoms with Crippen LogP contribution >= 0.6 is 0 Å². The second kappa shape index (κ2) is 8.58. The number of fused-ring (bicyclic) bond motifs is 2. The van der Waals surface area contributed by atoms with Crippen LogP contribution in [0.25, 0.3) is 11.2 Å². The first-order valence-electron chi connectivity index (χ1n) is 10.5. The number of carbonyl (C=O) groups excluding carboxylic acids is 1. The maximum atomic E-state index is 11.9. The second-order valence-corrected chi connectivity index (χ2v) is 7.95. The van der Waals surface area contributed by atoms with E-state index in [9.17, 15) is 9.59 Å². The van der Waals surface area contributed by atoms with Crippen LogP contribution in [-0.4, -0.2) is 81.5 Å². The zero-order valence-electron chi connectivity index (χ0n) is 17.3. The number of carboxylic acid groups (broad SMARTS) is 1. The maximum absolute atomic E-state index is 11.9. The largest absolute Gasteiger partial charge is 0.481 e. The lowest BCUT2D eigenvalue weighted by atomic mass is 10.1. The number of nitrogens with one attached hydrogen (secondary N) is 2. The number of anilines is 1. The molecular formula is C19H24N6O7. The van der Waals surface area contributed by atoms with Gasteiger partial charge in [0.2, 0.25) is 0 Å². The molecule has 13 nitrogen and oxygen atoms in total. The Labute approximate surface area is 182 Å². The molecule has 0 bridgehead atoms. The van der Waals surface area contributed by atoms with Crippen molar-refractivity contribution < 1.29 is 33.6 Å². The minimum absolute atomic E-state index is 0.0476. The number of nitrogens with zero attached hydrogens (tertiary/aromatic N) is 4. The third-order valence-corrected chi connectivity index (χ3v) is 5.86. The van der Waals surface area contributed by atoms with Crippen LogP contribution in [0.5, 0.6) is 0 Å². The van der Waals surface area contributed by atoms with Gasteiger partial charge in [0.15, 0.2) is 23.2 Å². The smallest absolute Gasteiger partial charge is 0.320 e. The molecular weight excluding hydrogens is 424 g/mol. The summed E-state index contributed by atoms with van der Waals surface area (Å²) in [5.41, 5.74) is 0.904. The summed E-state index contributed by atoms with van der Waals surface area (Å²) in [5, 5.41) is 14.3. The monoisotopic (exact) mass is 448 g/mol. The molecule has 32 heavy (non-hydrogen) atoms. The first-order chi connectivity index (χ1) is 15.6. The van der Waals surface area contributed by atoms with Gasteiger partial charge in [-0.25, -0.2) is 19.7 Å². The number of amides is 2. The Kier molecular flexibility index (Phi) is 5.63. The van der Waals surface area contributed by atoms with Crippen molar-refractivity contribution in [3.8, 4) is 0 Å². The number of aliphatic carboxylic acids is 1. The lowest BCUT2D eigenvalue weighted by molar-refractivity contribution is -0.139. The number of rotatable bonds is 8. The van der Waals surface area contributed by atoms with Crippen LogP contribution < -0.4 is 10.6 Å². The molecule has 3 N–H and O–H groups in total. The molecule has 0 radical (unpaired) electrons. The fraction of sp³-hybridized carbons (Fsp3) is 0.632. The predicted octanol–water partition coefficient (Wildman–Crippen LogP) is 0.344. The van der Waals surface area contributed by atoms with Crippen LogP contribution in [0.1, 0.15) is 19.6 Å². The Balaban J connectivity index is 1.29. The van der Waals surface area contributed by atoms with Crippen LogP contribution in [0.15, 0.2) is 12.7 Å². The molecule has 172 valence electrons. The molecule has 0 spiro atoms. The summed E-state index contributed by atoms with van der Waals surface area (Å²) in [6, 6.07) is -0.384. The molecule has 1 saturated carbocycles. The highest BCUT2D eigenvalue weighted by molar-refractivity contribution is 5.95. The van der Waals surface area contributed by atoms with Crippen LogP contribution in [-0.2, 0) is 23.7 Å². The lowest BCUT2D eigenvalue weighted by Gasteiger charge is -2.18. The number of aromatic nitrogens is 4. The lowest BCUT2D eigenvalue weighted by Crippen LogP contribution is -2.32. The van der Waals surface area contributed by atoms with Crippen LogP contribution in [0.2, 0.25) is 0 Å². The molecule has 13 heteroatoms. The highest BCUT2D eigenvalue weighted by Crippen LogP contribution is 2.40.